The molecule has 2 atom stereocenters. The summed E-state index contributed by atoms with van der Waals surface area (Å²) < 4.78 is 54.0. The number of ether oxygens (including phenoxy) is 2. The van der Waals surface area contributed by atoms with Crippen molar-refractivity contribution in [1.82, 2.24) is 9.71 Å². The number of amides is 1. The summed E-state index contributed by atoms with van der Waals surface area (Å²) in [5, 5.41) is -0.138. The van der Waals surface area contributed by atoms with Gasteiger partial charge < -0.3 is 9.47 Å². The first-order chi connectivity index (χ1) is 20.1. The maximum atomic E-state index is 13.9. The molecule has 2 fully saturated rings. The van der Waals surface area contributed by atoms with Gasteiger partial charge in [-0.15, -0.1) is 0 Å². The van der Waals surface area contributed by atoms with Crippen molar-refractivity contribution in [3.8, 4) is 11.6 Å². The average molecular weight is 610 g/mol. The Hall–Kier alpha value is -3.63. The van der Waals surface area contributed by atoms with E-state index in [1.165, 1.54) is 12.1 Å². The van der Waals surface area contributed by atoms with Crippen LogP contribution in [0.5, 0.6) is 11.6 Å². The second kappa shape index (κ2) is 9.70. The van der Waals surface area contributed by atoms with Crippen LogP contribution in [0, 0.1) is 5.82 Å². The molecule has 42 heavy (non-hydrogen) atoms. The van der Waals surface area contributed by atoms with Gasteiger partial charge in [-0.1, -0.05) is 30.7 Å². The molecule has 218 valence electrons. The van der Waals surface area contributed by atoms with E-state index in [4.69, 9.17) is 21.1 Å². The Morgan fingerprint density at radius 1 is 1.21 bits per heavy atom. The van der Waals surface area contributed by atoms with E-state index in [9.17, 15) is 17.6 Å². The van der Waals surface area contributed by atoms with Crippen LogP contribution in [0.4, 0.5) is 15.8 Å². The topological polar surface area (TPSA) is 97.8 Å². The molecule has 1 spiro atoms. The van der Waals surface area contributed by atoms with Gasteiger partial charge in [0.25, 0.3) is 0 Å². The summed E-state index contributed by atoms with van der Waals surface area (Å²) in [6.07, 6.45) is 5.97. The predicted molar refractivity (Wildman–Crippen MR) is 157 cm³/mol. The van der Waals surface area contributed by atoms with E-state index in [2.05, 4.69) is 9.71 Å². The van der Waals surface area contributed by atoms with E-state index >= 15 is 0 Å². The molecule has 8 nitrogen and oxygen atoms in total. The summed E-state index contributed by atoms with van der Waals surface area (Å²) in [5.41, 5.74) is 3.22. The van der Waals surface area contributed by atoms with Crippen LogP contribution < -0.4 is 19.1 Å². The summed E-state index contributed by atoms with van der Waals surface area (Å²) in [6.45, 7) is 3.78. The molecule has 3 heterocycles. The van der Waals surface area contributed by atoms with Gasteiger partial charge in [-0.2, -0.15) is 0 Å². The maximum Gasteiger partial charge on any atom is 0.242 e. The highest BCUT2D eigenvalue weighted by molar-refractivity contribution is 7.90. The Bertz CT molecular complexity index is 1750. The third-order valence-electron chi connectivity index (χ3n) is 8.43. The van der Waals surface area contributed by atoms with Crippen molar-refractivity contribution >= 4 is 44.6 Å². The van der Waals surface area contributed by atoms with Gasteiger partial charge in [0.1, 0.15) is 28.8 Å². The molecule has 3 aromatic rings. The molecule has 2 unspecified atom stereocenters. The van der Waals surface area contributed by atoms with Gasteiger partial charge in [0.15, 0.2) is 0 Å². The standard InChI is InChI=1S/C31H29ClFN3O5S/c1-3-21-13-26(35-42(38,39)22-8-9-22)23-14-24-27(15-28(23)41-21)36(30(37)31(24)10-11-31)20-12-25(32)29(34-16-20)40-17(2)18-4-6-19(33)7-5-18/h4-7,12-17,21-22,35H,3,8-11H2,1-2H3. The van der Waals surface area contributed by atoms with Crippen LogP contribution in [0.15, 0.2) is 54.7 Å². The number of carbonyl (C=O) groups excluding carboxylic acids is 1. The van der Waals surface area contributed by atoms with Crippen molar-refractivity contribution in [2.45, 2.75) is 68.8 Å². The van der Waals surface area contributed by atoms with Crippen LogP contribution in [0.3, 0.4) is 0 Å². The van der Waals surface area contributed by atoms with Crippen LogP contribution >= 0.6 is 11.6 Å². The van der Waals surface area contributed by atoms with E-state index in [0.717, 1.165) is 11.1 Å². The predicted octanol–water partition coefficient (Wildman–Crippen LogP) is 6.32. The normalized spacial score (nSPS) is 20.9. The molecule has 1 aromatic heterocycles. The minimum absolute atomic E-state index is 0.0813. The highest BCUT2D eigenvalue weighted by atomic mass is 35.5. The summed E-state index contributed by atoms with van der Waals surface area (Å²) >= 11 is 6.61. The Morgan fingerprint density at radius 3 is 2.60 bits per heavy atom. The number of hydrogen-bond acceptors (Lipinski definition) is 6. The smallest absolute Gasteiger partial charge is 0.242 e. The lowest BCUT2D eigenvalue weighted by Crippen LogP contribution is -2.30. The number of anilines is 2. The van der Waals surface area contributed by atoms with E-state index < -0.39 is 21.5 Å². The molecule has 11 heteroatoms. The molecular formula is C31H29ClFN3O5S. The first kappa shape index (κ1) is 27.2. The van der Waals surface area contributed by atoms with Gasteiger partial charge in [0, 0.05) is 11.6 Å². The van der Waals surface area contributed by atoms with Crippen LogP contribution in [0.2, 0.25) is 5.02 Å². The highest BCUT2D eigenvalue weighted by Gasteiger charge is 2.60. The first-order valence-corrected chi connectivity index (χ1v) is 16.0. The minimum atomic E-state index is -3.49. The largest absolute Gasteiger partial charge is 0.486 e. The third kappa shape index (κ3) is 4.52. The number of rotatable bonds is 8. The van der Waals surface area contributed by atoms with Gasteiger partial charge in [-0.25, -0.2) is 17.8 Å². The number of sulfonamides is 1. The number of hydrogen-bond donors (Lipinski definition) is 1. The Balaban J connectivity index is 1.23. The van der Waals surface area contributed by atoms with Gasteiger partial charge in [-0.05, 0) is 80.5 Å². The third-order valence-corrected chi connectivity index (χ3v) is 10.6. The van der Waals surface area contributed by atoms with Gasteiger partial charge in [-0.3, -0.25) is 14.4 Å². The van der Waals surface area contributed by atoms with Crippen LogP contribution in [0.1, 0.15) is 68.7 Å². The molecule has 0 radical (unpaired) electrons. The van der Waals surface area contributed by atoms with Crippen molar-refractivity contribution in [2.75, 3.05) is 4.90 Å². The first-order valence-electron chi connectivity index (χ1n) is 14.1. The minimum Gasteiger partial charge on any atom is -0.486 e. The summed E-state index contributed by atoms with van der Waals surface area (Å²) in [5.74, 6) is 0.295. The van der Waals surface area contributed by atoms with E-state index in [1.54, 1.807) is 29.3 Å². The Kier molecular flexibility index (Phi) is 6.29. The van der Waals surface area contributed by atoms with E-state index in [1.807, 2.05) is 32.1 Å². The zero-order valence-corrected chi connectivity index (χ0v) is 24.6. The number of halogens is 2. The zero-order valence-electron chi connectivity index (χ0n) is 23.1. The zero-order chi connectivity index (χ0) is 29.4. The molecule has 0 saturated heterocycles. The SMILES string of the molecule is CCC1C=C(NS(=O)(=O)C2CC2)c2cc3c(cc2O1)N(c1cnc(OC(C)c2ccc(F)cc2)c(Cl)c1)C(=O)C31CC1. The molecule has 2 saturated carbocycles. The van der Waals surface area contributed by atoms with Gasteiger partial charge >= 0.3 is 0 Å². The fourth-order valence-electron chi connectivity index (χ4n) is 5.72. The number of aromatic nitrogens is 1. The number of fused-ring (bicyclic) bond motifs is 3. The molecule has 1 N–H and O–H groups in total. The van der Waals surface area contributed by atoms with Crippen molar-refractivity contribution in [3.63, 3.8) is 0 Å². The van der Waals surface area contributed by atoms with Crippen molar-refractivity contribution < 1.29 is 27.1 Å². The second-order valence-electron chi connectivity index (χ2n) is 11.4. The molecule has 1 amide bonds. The maximum absolute atomic E-state index is 13.9. The number of carbonyl (C=O) groups is 1. The van der Waals surface area contributed by atoms with E-state index in [0.29, 0.717) is 60.5 Å². The monoisotopic (exact) mass is 609 g/mol. The van der Waals surface area contributed by atoms with Crippen molar-refractivity contribution in [3.05, 3.63) is 82.3 Å². The number of nitrogens with zero attached hydrogens (tertiary/aromatic N) is 2. The summed E-state index contributed by atoms with van der Waals surface area (Å²) in [4.78, 5) is 19.9. The lowest BCUT2D eigenvalue weighted by Gasteiger charge is -2.27. The molecule has 7 rings (SSSR count). The fourth-order valence-corrected chi connectivity index (χ4v) is 7.33. The second-order valence-corrected chi connectivity index (χ2v) is 13.7. The Labute approximate surface area is 248 Å². The number of benzene rings is 2. The molecule has 4 aliphatic rings. The van der Waals surface area contributed by atoms with Gasteiger partial charge in [0.2, 0.25) is 21.8 Å². The van der Waals surface area contributed by atoms with E-state index in [-0.39, 0.29) is 34.0 Å². The number of pyridine rings is 1. The molecule has 2 aromatic carbocycles. The molecule has 0 bridgehead atoms. The summed E-state index contributed by atoms with van der Waals surface area (Å²) in [6, 6.07) is 11.4. The van der Waals surface area contributed by atoms with Crippen LogP contribution in [-0.4, -0.2) is 30.7 Å². The lowest BCUT2D eigenvalue weighted by molar-refractivity contribution is -0.119. The fraction of sp³-hybridized carbons (Fsp3) is 0.355. The lowest BCUT2D eigenvalue weighted by atomic mass is 9.93. The highest BCUT2D eigenvalue weighted by Crippen LogP contribution is 2.60. The molecular weight excluding hydrogens is 581 g/mol. The van der Waals surface area contributed by atoms with Crippen LogP contribution in [0.25, 0.3) is 5.70 Å². The van der Waals surface area contributed by atoms with Crippen molar-refractivity contribution in [1.29, 1.82) is 0 Å². The molecule has 2 aliphatic heterocycles. The summed E-state index contributed by atoms with van der Waals surface area (Å²) in [7, 11) is -3.49. The molecule has 2 aliphatic carbocycles. The van der Waals surface area contributed by atoms with Crippen LogP contribution in [-0.2, 0) is 20.2 Å². The average Bonchev–Trinajstić information content (AvgIpc) is 3.88. The quantitative estimate of drug-likeness (QED) is 0.321. The Morgan fingerprint density at radius 2 is 1.95 bits per heavy atom. The number of nitrogens with one attached hydrogen (secondary N) is 1. The van der Waals surface area contributed by atoms with Crippen molar-refractivity contribution in [2.24, 2.45) is 0 Å². The van der Waals surface area contributed by atoms with Gasteiger partial charge in [0.05, 0.1) is 33.9 Å².